The molecule has 2 aromatic carbocycles. The van der Waals surface area contributed by atoms with E-state index in [1.807, 2.05) is 30.3 Å². The second kappa shape index (κ2) is 10.4. The number of hydrogen-bond acceptors (Lipinski definition) is 4. The van der Waals surface area contributed by atoms with E-state index >= 15 is 0 Å². The fourth-order valence-electron chi connectivity index (χ4n) is 2.14. The van der Waals surface area contributed by atoms with Gasteiger partial charge in [0.15, 0.2) is 0 Å². The van der Waals surface area contributed by atoms with Crippen molar-refractivity contribution in [3.63, 3.8) is 0 Å². The lowest BCUT2D eigenvalue weighted by atomic mass is 10.2. The first-order chi connectivity index (χ1) is 13.1. The molecule has 0 aliphatic carbocycles. The highest BCUT2D eigenvalue weighted by atomic mass is 16.5. The Labute approximate surface area is 158 Å². The van der Waals surface area contributed by atoms with E-state index in [-0.39, 0.29) is 12.3 Å². The normalized spacial score (nSPS) is 11.1. The van der Waals surface area contributed by atoms with Crippen LogP contribution in [0.2, 0.25) is 0 Å². The fourth-order valence-corrected chi connectivity index (χ4v) is 2.14. The van der Waals surface area contributed by atoms with Crippen LogP contribution in [0.4, 0.5) is 0 Å². The Hall–Kier alpha value is -3.60. The van der Waals surface area contributed by atoms with E-state index in [9.17, 15) is 9.59 Å². The SMILES string of the molecule is C=CCOC(=O)/C(=C/c1ccc(OC)cc1)NC(=O)/C=C/c1ccccc1. The number of carbonyl (C=O) groups is 2. The van der Waals surface area contributed by atoms with Crippen LogP contribution in [0.3, 0.4) is 0 Å². The Kier molecular flexibility index (Phi) is 7.60. The number of methoxy groups -OCH3 is 1. The molecule has 0 aliphatic rings. The number of nitrogens with one attached hydrogen (secondary N) is 1. The molecule has 1 amide bonds. The number of benzene rings is 2. The summed E-state index contributed by atoms with van der Waals surface area (Å²) in [4.78, 5) is 24.4. The lowest BCUT2D eigenvalue weighted by molar-refractivity contribution is -0.139. The van der Waals surface area contributed by atoms with Gasteiger partial charge < -0.3 is 14.8 Å². The Bertz CT molecular complexity index is 836. The number of carbonyl (C=O) groups excluding carboxylic acids is 2. The van der Waals surface area contributed by atoms with Crippen molar-refractivity contribution in [2.24, 2.45) is 0 Å². The first-order valence-electron chi connectivity index (χ1n) is 8.30. The largest absolute Gasteiger partial charge is 0.497 e. The molecule has 1 N–H and O–H groups in total. The van der Waals surface area contributed by atoms with E-state index < -0.39 is 11.9 Å². The molecule has 0 bridgehead atoms. The van der Waals surface area contributed by atoms with Crippen LogP contribution in [0.25, 0.3) is 12.2 Å². The van der Waals surface area contributed by atoms with Gasteiger partial charge in [-0.3, -0.25) is 4.79 Å². The van der Waals surface area contributed by atoms with Crippen molar-refractivity contribution in [3.05, 3.63) is 90.2 Å². The molecule has 2 rings (SSSR count). The minimum absolute atomic E-state index is 0.0322. The number of ether oxygens (including phenoxy) is 2. The molecule has 0 aromatic heterocycles. The molecule has 0 saturated carbocycles. The predicted octanol–water partition coefficient (Wildman–Crippen LogP) is 3.59. The molecule has 2 aromatic rings. The van der Waals surface area contributed by atoms with Gasteiger partial charge in [-0.2, -0.15) is 0 Å². The lowest BCUT2D eigenvalue weighted by Gasteiger charge is -2.08. The minimum atomic E-state index is -0.646. The van der Waals surface area contributed by atoms with Gasteiger partial charge in [0.2, 0.25) is 5.91 Å². The van der Waals surface area contributed by atoms with Crippen LogP contribution in [0.1, 0.15) is 11.1 Å². The van der Waals surface area contributed by atoms with Crippen LogP contribution >= 0.6 is 0 Å². The number of esters is 1. The van der Waals surface area contributed by atoms with Crippen LogP contribution < -0.4 is 10.1 Å². The number of rotatable bonds is 8. The summed E-state index contributed by atoms with van der Waals surface area (Å²) in [6, 6.07) is 16.4. The van der Waals surface area contributed by atoms with Crippen molar-refractivity contribution in [1.29, 1.82) is 0 Å². The molecule has 0 aliphatic heterocycles. The summed E-state index contributed by atoms with van der Waals surface area (Å²) in [5, 5.41) is 2.57. The Morgan fingerprint density at radius 2 is 1.74 bits per heavy atom. The molecule has 27 heavy (non-hydrogen) atoms. The minimum Gasteiger partial charge on any atom is -0.497 e. The summed E-state index contributed by atoms with van der Waals surface area (Å²) in [5.41, 5.74) is 1.63. The average molecular weight is 363 g/mol. The molecule has 5 nitrogen and oxygen atoms in total. The van der Waals surface area contributed by atoms with Gasteiger partial charge in [-0.1, -0.05) is 55.1 Å². The highest BCUT2D eigenvalue weighted by Crippen LogP contribution is 2.14. The number of amides is 1. The zero-order valence-electron chi connectivity index (χ0n) is 15.1. The Morgan fingerprint density at radius 3 is 2.37 bits per heavy atom. The lowest BCUT2D eigenvalue weighted by Crippen LogP contribution is -2.27. The molecule has 0 saturated heterocycles. The molecule has 138 valence electrons. The smallest absolute Gasteiger partial charge is 0.355 e. The first-order valence-corrected chi connectivity index (χ1v) is 8.30. The van der Waals surface area contributed by atoms with Crippen molar-refractivity contribution in [2.45, 2.75) is 0 Å². The molecule has 0 heterocycles. The zero-order chi connectivity index (χ0) is 19.5. The van der Waals surface area contributed by atoms with E-state index in [1.165, 1.54) is 12.2 Å². The number of hydrogen-bond donors (Lipinski definition) is 1. The van der Waals surface area contributed by atoms with Crippen molar-refractivity contribution in [2.75, 3.05) is 13.7 Å². The molecule has 0 spiro atoms. The highest BCUT2D eigenvalue weighted by Gasteiger charge is 2.13. The van der Waals surface area contributed by atoms with Crippen molar-refractivity contribution in [3.8, 4) is 5.75 Å². The van der Waals surface area contributed by atoms with Gasteiger partial charge in [0.05, 0.1) is 7.11 Å². The maximum Gasteiger partial charge on any atom is 0.355 e. The Balaban J connectivity index is 2.16. The summed E-state index contributed by atoms with van der Waals surface area (Å²) >= 11 is 0. The third-order valence-electron chi connectivity index (χ3n) is 3.46. The third-order valence-corrected chi connectivity index (χ3v) is 3.46. The van der Waals surface area contributed by atoms with E-state index in [4.69, 9.17) is 9.47 Å². The summed E-state index contributed by atoms with van der Waals surface area (Å²) in [7, 11) is 1.57. The zero-order valence-corrected chi connectivity index (χ0v) is 15.1. The summed E-state index contributed by atoms with van der Waals surface area (Å²) in [5.74, 6) is -0.390. The monoisotopic (exact) mass is 363 g/mol. The van der Waals surface area contributed by atoms with Gasteiger partial charge in [-0.05, 0) is 35.4 Å². The standard InChI is InChI=1S/C22H21NO4/c1-3-15-27-22(25)20(16-18-9-12-19(26-2)13-10-18)23-21(24)14-11-17-7-5-4-6-8-17/h3-14,16H,1,15H2,2H3,(H,23,24)/b14-11+,20-16-. The topological polar surface area (TPSA) is 64.6 Å². The molecule has 0 atom stereocenters. The molecular formula is C22H21NO4. The molecule has 5 heteroatoms. The average Bonchev–Trinajstić information content (AvgIpc) is 2.71. The van der Waals surface area contributed by atoms with Crippen molar-refractivity contribution >= 4 is 24.0 Å². The quantitative estimate of drug-likeness (QED) is 0.442. The maximum atomic E-state index is 12.2. The fraction of sp³-hybridized carbons (Fsp3) is 0.0909. The van der Waals surface area contributed by atoms with Gasteiger partial charge in [0.1, 0.15) is 18.1 Å². The van der Waals surface area contributed by atoms with Gasteiger partial charge in [-0.25, -0.2) is 4.79 Å². The maximum absolute atomic E-state index is 12.2. The van der Waals surface area contributed by atoms with Gasteiger partial charge in [-0.15, -0.1) is 0 Å². The van der Waals surface area contributed by atoms with Crippen LogP contribution in [-0.2, 0) is 14.3 Å². The summed E-state index contributed by atoms with van der Waals surface area (Å²) < 4.78 is 10.2. The van der Waals surface area contributed by atoms with Crippen molar-refractivity contribution in [1.82, 2.24) is 5.32 Å². The van der Waals surface area contributed by atoms with Crippen LogP contribution in [-0.4, -0.2) is 25.6 Å². The van der Waals surface area contributed by atoms with Gasteiger partial charge in [0, 0.05) is 6.08 Å². The Morgan fingerprint density at radius 1 is 1.04 bits per heavy atom. The van der Waals surface area contributed by atoms with E-state index in [1.54, 1.807) is 43.5 Å². The molecule has 0 fully saturated rings. The van der Waals surface area contributed by atoms with Crippen LogP contribution in [0.5, 0.6) is 5.75 Å². The van der Waals surface area contributed by atoms with Gasteiger partial charge >= 0.3 is 5.97 Å². The van der Waals surface area contributed by atoms with Gasteiger partial charge in [0.25, 0.3) is 0 Å². The molecule has 0 radical (unpaired) electrons. The second-order valence-electron chi connectivity index (χ2n) is 5.45. The van der Waals surface area contributed by atoms with E-state index in [2.05, 4.69) is 11.9 Å². The summed E-state index contributed by atoms with van der Waals surface area (Å²) in [6.45, 7) is 3.56. The molecule has 0 unspecified atom stereocenters. The van der Waals surface area contributed by atoms with E-state index in [0.29, 0.717) is 11.3 Å². The van der Waals surface area contributed by atoms with Crippen LogP contribution in [0.15, 0.2) is 79.0 Å². The predicted molar refractivity (Wildman–Crippen MR) is 106 cm³/mol. The molecular weight excluding hydrogens is 342 g/mol. The first kappa shape index (κ1) is 19.7. The van der Waals surface area contributed by atoms with Crippen LogP contribution in [0, 0.1) is 0 Å². The second-order valence-corrected chi connectivity index (χ2v) is 5.45. The van der Waals surface area contributed by atoms with E-state index in [0.717, 1.165) is 5.56 Å². The van der Waals surface area contributed by atoms with Crippen molar-refractivity contribution < 1.29 is 19.1 Å². The third kappa shape index (κ3) is 6.66. The summed E-state index contributed by atoms with van der Waals surface area (Å²) in [6.07, 6.45) is 6.02. The highest BCUT2D eigenvalue weighted by molar-refractivity contribution is 6.02.